The molecule has 0 bridgehead atoms. The zero-order valence-corrected chi connectivity index (χ0v) is 36.8. The number of pyridine rings is 1. The van der Waals surface area contributed by atoms with Crippen molar-refractivity contribution in [1.82, 2.24) is 39.8 Å². The van der Waals surface area contributed by atoms with Crippen molar-refractivity contribution in [2.75, 3.05) is 62.4 Å². The number of piperazine rings is 1. The summed E-state index contributed by atoms with van der Waals surface area (Å²) in [5.41, 5.74) is 4.50. The fourth-order valence-electron chi connectivity index (χ4n) is 8.23. The second-order valence-corrected chi connectivity index (χ2v) is 18.7. The van der Waals surface area contributed by atoms with Gasteiger partial charge in [-0.2, -0.15) is 5.10 Å². The minimum atomic E-state index is -3.61. The van der Waals surface area contributed by atoms with Crippen LogP contribution in [0.3, 0.4) is 0 Å². The normalized spacial score (nSPS) is 19.2. The Hall–Kier alpha value is -5.95. The van der Waals surface area contributed by atoms with Crippen LogP contribution in [0.1, 0.15) is 65.2 Å². The number of rotatable bonds is 14. The van der Waals surface area contributed by atoms with E-state index in [9.17, 15) is 27.6 Å². The van der Waals surface area contributed by atoms with E-state index in [1.807, 2.05) is 61.5 Å². The molecule has 0 radical (unpaired) electrons. The SMILES string of the molecule is Cn1c(=O)n(C2CCC(=O)NC2=O)c2ccc(CCCOCCN3CCN(c4cccc(C5(C)C=Cc6nnc(CNC(=O)c7ccc(Cl)c(S(C)(=O)=O)c7)cc6N5)n4)CC3)cc21. The molecule has 8 rings (SSSR count). The van der Waals surface area contributed by atoms with Gasteiger partial charge in [0.25, 0.3) is 5.91 Å². The van der Waals surface area contributed by atoms with Crippen LogP contribution in [-0.2, 0) is 49.7 Å². The molecule has 3 amide bonds. The summed E-state index contributed by atoms with van der Waals surface area (Å²) in [6.07, 6.45) is 7.08. The summed E-state index contributed by atoms with van der Waals surface area (Å²) in [4.78, 5) is 59.8. The zero-order chi connectivity index (χ0) is 44.5. The van der Waals surface area contributed by atoms with Crippen LogP contribution in [0.2, 0.25) is 5.02 Å². The third-order valence-corrected chi connectivity index (χ3v) is 13.4. The predicted octanol–water partition coefficient (Wildman–Crippen LogP) is 3.62. The molecule has 2 atom stereocenters. The van der Waals surface area contributed by atoms with Crippen molar-refractivity contribution in [1.29, 1.82) is 0 Å². The third-order valence-electron chi connectivity index (χ3n) is 11.8. The Kier molecular flexibility index (Phi) is 12.5. The number of carbonyl (C=O) groups excluding carboxylic acids is 3. The first-order valence-corrected chi connectivity index (χ1v) is 23.1. The van der Waals surface area contributed by atoms with Gasteiger partial charge >= 0.3 is 5.69 Å². The lowest BCUT2D eigenvalue weighted by Crippen LogP contribution is -2.47. The van der Waals surface area contributed by atoms with Crippen molar-refractivity contribution in [3.05, 3.63) is 110 Å². The Balaban J connectivity index is 0.788. The van der Waals surface area contributed by atoms with Crippen LogP contribution in [0.4, 0.5) is 11.5 Å². The summed E-state index contributed by atoms with van der Waals surface area (Å²) >= 11 is 6.05. The highest BCUT2D eigenvalue weighted by atomic mass is 35.5. The number of piperidine rings is 1. The minimum Gasteiger partial charge on any atom is -0.380 e. The molecular formula is C44H49ClN10O7S. The molecule has 2 unspecified atom stereocenters. The molecule has 2 aromatic carbocycles. The van der Waals surface area contributed by atoms with Crippen molar-refractivity contribution in [3.63, 3.8) is 0 Å². The number of fused-ring (bicyclic) bond motifs is 2. The number of imide groups is 1. The molecule has 63 heavy (non-hydrogen) atoms. The first-order chi connectivity index (χ1) is 30.2. The second-order valence-electron chi connectivity index (χ2n) is 16.3. The van der Waals surface area contributed by atoms with Crippen LogP contribution in [0.5, 0.6) is 0 Å². The average molecular weight is 897 g/mol. The highest BCUT2D eigenvalue weighted by Crippen LogP contribution is 2.34. The largest absolute Gasteiger partial charge is 0.380 e. The highest BCUT2D eigenvalue weighted by molar-refractivity contribution is 7.90. The number of hydrogen-bond acceptors (Lipinski definition) is 13. The number of carbonyl (C=O) groups is 3. The van der Waals surface area contributed by atoms with E-state index in [4.69, 9.17) is 21.3 Å². The number of halogens is 1. The molecule has 3 aliphatic heterocycles. The molecule has 17 nitrogen and oxygen atoms in total. The number of imidazole rings is 1. The van der Waals surface area contributed by atoms with E-state index in [0.717, 1.165) is 80.1 Å². The van der Waals surface area contributed by atoms with Gasteiger partial charge in [0.1, 0.15) is 17.6 Å². The van der Waals surface area contributed by atoms with Gasteiger partial charge in [0.2, 0.25) is 11.8 Å². The second kappa shape index (κ2) is 18.0. The predicted molar refractivity (Wildman–Crippen MR) is 238 cm³/mol. The van der Waals surface area contributed by atoms with Crippen LogP contribution in [0.15, 0.2) is 76.4 Å². The number of aryl methyl sites for hydroxylation is 2. The smallest absolute Gasteiger partial charge is 0.329 e. The van der Waals surface area contributed by atoms with E-state index in [2.05, 4.69) is 35.9 Å². The van der Waals surface area contributed by atoms with E-state index in [1.54, 1.807) is 11.6 Å². The number of nitrogens with one attached hydrogen (secondary N) is 3. The molecule has 3 N–H and O–H groups in total. The number of hydrogen-bond donors (Lipinski definition) is 3. The number of nitrogens with zero attached hydrogens (tertiary/aromatic N) is 7. The van der Waals surface area contributed by atoms with Gasteiger partial charge < -0.3 is 20.3 Å². The van der Waals surface area contributed by atoms with Gasteiger partial charge in [0.05, 0.1) is 56.7 Å². The lowest BCUT2D eigenvalue weighted by Gasteiger charge is -2.36. The van der Waals surface area contributed by atoms with E-state index < -0.39 is 33.2 Å². The Morgan fingerprint density at radius 1 is 1.00 bits per heavy atom. The Labute approximate surface area is 369 Å². The number of anilines is 2. The maximum Gasteiger partial charge on any atom is 0.329 e. The molecule has 330 valence electrons. The molecule has 2 fully saturated rings. The number of benzene rings is 2. The molecule has 3 aromatic heterocycles. The number of sulfone groups is 1. The first-order valence-electron chi connectivity index (χ1n) is 20.8. The number of amides is 3. The van der Waals surface area contributed by atoms with Crippen molar-refractivity contribution >= 4 is 67.8 Å². The van der Waals surface area contributed by atoms with Gasteiger partial charge in [-0.15, -0.1) is 5.10 Å². The van der Waals surface area contributed by atoms with Crippen LogP contribution in [0.25, 0.3) is 17.1 Å². The van der Waals surface area contributed by atoms with Gasteiger partial charge in [-0.3, -0.25) is 33.7 Å². The fourth-order valence-corrected chi connectivity index (χ4v) is 9.53. The molecule has 2 saturated heterocycles. The summed E-state index contributed by atoms with van der Waals surface area (Å²) in [6, 6.07) is 17.2. The lowest BCUT2D eigenvalue weighted by molar-refractivity contribution is -0.135. The monoisotopic (exact) mass is 896 g/mol. The molecule has 3 aliphatic rings. The number of ether oxygens (including phenoxy) is 1. The number of aromatic nitrogens is 5. The molecule has 0 spiro atoms. The molecular weight excluding hydrogens is 848 g/mol. The molecule has 19 heteroatoms. The summed E-state index contributed by atoms with van der Waals surface area (Å²) in [6.45, 7) is 7.59. The Morgan fingerprint density at radius 2 is 1.81 bits per heavy atom. The lowest BCUT2D eigenvalue weighted by atomic mass is 9.92. The molecule has 0 saturated carbocycles. The van der Waals surface area contributed by atoms with Gasteiger partial charge in [-0.25, -0.2) is 18.2 Å². The van der Waals surface area contributed by atoms with E-state index >= 15 is 0 Å². The Bertz CT molecular complexity index is 2800. The van der Waals surface area contributed by atoms with E-state index in [1.165, 1.54) is 22.8 Å². The van der Waals surface area contributed by atoms with Crippen LogP contribution in [0, 0.1) is 0 Å². The summed E-state index contributed by atoms with van der Waals surface area (Å²) in [7, 11) is -1.91. The van der Waals surface area contributed by atoms with Gasteiger partial charge in [0, 0.05) is 64.6 Å². The highest BCUT2D eigenvalue weighted by Gasteiger charge is 2.32. The summed E-state index contributed by atoms with van der Waals surface area (Å²) in [5.74, 6) is -0.327. The third kappa shape index (κ3) is 9.53. The molecule has 0 aliphatic carbocycles. The maximum atomic E-state index is 13.1. The van der Waals surface area contributed by atoms with Crippen molar-refractivity contribution in [3.8, 4) is 0 Å². The standard InChI is InChI=1S/C44H49ClN10O7S/c1-44(16-15-32-33(49-44)26-30(50-51-32)27-46-41(57)29-10-11-31(45)37(25-29)63(3,60)61)38-7-4-8-39(47-38)54-19-17-53(18-20-54)21-23-62-22-5-6-28-9-12-34-36(24-28)52(2)43(59)55(34)35-13-14-40(56)48-42(35)58/h4,7-12,15-16,24-26,35,49H,5-6,13-14,17-23,27H2,1-3H3,(H,46,57)(H,48,56,58). The minimum absolute atomic E-state index is 0.0511. The quantitative estimate of drug-likeness (QED) is 0.108. The van der Waals surface area contributed by atoms with Gasteiger partial charge in [0.15, 0.2) is 9.84 Å². The summed E-state index contributed by atoms with van der Waals surface area (Å²) in [5, 5.41) is 17.4. The van der Waals surface area contributed by atoms with Crippen LogP contribution >= 0.6 is 11.6 Å². The summed E-state index contributed by atoms with van der Waals surface area (Å²) < 4.78 is 33.3. The first kappa shape index (κ1) is 43.7. The fraction of sp³-hybridized carbons (Fsp3) is 0.386. The van der Waals surface area contributed by atoms with Gasteiger partial charge in [-0.1, -0.05) is 29.8 Å². The maximum absolute atomic E-state index is 13.1. The van der Waals surface area contributed by atoms with Crippen LogP contribution < -0.4 is 26.5 Å². The average Bonchev–Trinajstić information content (AvgIpc) is 3.51. The van der Waals surface area contributed by atoms with Gasteiger partial charge in [-0.05, 0) is 86.4 Å². The molecule has 6 heterocycles. The van der Waals surface area contributed by atoms with Crippen molar-refractivity contribution in [2.45, 2.75) is 55.6 Å². The zero-order valence-electron chi connectivity index (χ0n) is 35.3. The van der Waals surface area contributed by atoms with Crippen LogP contribution in [-0.4, -0.2) is 108 Å². The molecule has 5 aromatic rings. The topological polar surface area (TPSA) is 203 Å². The van der Waals surface area contributed by atoms with E-state index in [0.29, 0.717) is 36.5 Å². The van der Waals surface area contributed by atoms with Crippen molar-refractivity contribution in [2.24, 2.45) is 7.05 Å². The Morgan fingerprint density at radius 3 is 2.59 bits per heavy atom. The van der Waals surface area contributed by atoms with Crippen molar-refractivity contribution < 1.29 is 27.5 Å². The van der Waals surface area contributed by atoms with E-state index in [-0.39, 0.29) is 40.0 Å².